The molecule has 1 aliphatic rings. The third-order valence-electron chi connectivity index (χ3n) is 4.83. The lowest BCUT2D eigenvalue weighted by atomic mass is 10.1. The van der Waals surface area contributed by atoms with Crippen molar-refractivity contribution in [3.63, 3.8) is 0 Å². The van der Waals surface area contributed by atoms with E-state index in [2.05, 4.69) is 78.1 Å². The molecule has 0 atom stereocenters. The van der Waals surface area contributed by atoms with Gasteiger partial charge in [0.1, 0.15) is 12.3 Å². The minimum absolute atomic E-state index is 0.901. The number of ether oxygens (including phenoxy) is 1. The van der Waals surface area contributed by atoms with Crippen LogP contribution in [0.15, 0.2) is 64.7 Å². The molecule has 0 radical (unpaired) electrons. The third-order valence-corrected chi connectivity index (χ3v) is 5.94. The molecular formula is C22H23N2OS+. The highest BCUT2D eigenvalue weighted by molar-refractivity contribution is 8.03. The largest absolute Gasteiger partial charge is 0.497 e. The molecule has 0 spiro atoms. The van der Waals surface area contributed by atoms with E-state index in [1.807, 2.05) is 17.8 Å². The van der Waals surface area contributed by atoms with Crippen molar-refractivity contribution in [2.24, 2.45) is 0 Å². The van der Waals surface area contributed by atoms with Gasteiger partial charge in [0.15, 0.2) is 6.20 Å². The van der Waals surface area contributed by atoms with Crippen LogP contribution in [0.25, 0.3) is 17.0 Å². The molecule has 3 nitrogen and oxygen atoms in total. The second kappa shape index (κ2) is 7.04. The summed E-state index contributed by atoms with van der Waals surface area (Å²) in [7, 11) is 1.72. The van der Waals surface area contributed by atoms with Gasteiger partial charge in [0, 0.05) is 29.6 Å². The van der Waals surface area contributed by atoms with E-state index < -0.39 is 0 Å². The lowest BCUT2D eigenvalue weighted by Gasteiger charge is -2.18. The van der Waals surface area contributed by atoms with Crippen LogP contribution in [0.4, 0.5) is 5.69 Å². The zero-order valence-electron chi connectivity index (χ0n) is 15.4. The summed E-state index contributed by atoms with van der Waals surface area (Å²) in [6.07, 6.45) is 4.49. The fourth-order valence-corrected chi connectivity index (χ4v) is 4.64. The molecule has 3 aromatic rings. The molecule has 2 aromatic carbocycles. The van der Waals surface area contributed by atoms with Crippen LogP contribution in [0.3, 0.4) is 0 Å². The Balaban J connectivity index is 1.81. The summed E-state index contributed by atoms with van der Waals surface area (Å²) in [5, 5.41) is 2.55. The Morgan fingerprint density at radius 3 is 2.73 bits per heavy atom. The first-order chi connectivity index (χ1) is 12.7. The van der Waals surface area contributed by atoms with Crippen LogP contribution < -0.4 is 14.2 Å². The number of thioether (sulfide) groups is 1. The first-order valence-corrected chi connectivity index (χ1v) is 9.83. The van der Waals surface area contributed by atoms with Gasteiger partial charge >= 0.3 is 0 Å². The van der Waals surface area contributed by atoms with Crippen LogP contribution in [-0.2, 0) is 6.54 Å². The molecule has 0 N–H and O–H groups in total. The number of para-hydroxylation sites is 1. The van der Waals surface area contributed by atoms with Gasteiger partial charge in [-0.2, -0.15) is 4.57 Å². The van der Waals surface area contributed by atoms with E-state index in [0.29, 0.717) is 0 Å². The number of hydrogen-bond acceptors (Lipinski definition) is 3. The fourth-order valence-electron chi connectivity index (χ4n) is 3.48. The van der Waals surface area contributed by atoms with E-state index in [-0.39, 0.29) is 0 Å². The van der Waals surface area contributed by atoms with Gasteiger partial charge in [-0.1, -0.05) is 23.9 Å². The molecule has 0 bridgehead atoms. The summed E-state index contributed by atoms with van der Waals surface area (Å²) < 4.78 is 7.70. The molecule has 1 aromatic heterocycles. The van der Waals surface area contributed by atoms with Crippen molar-refractivity contribution in [1.29, 1.82) is 0 Å². The second-order valence-corrected chi connectivity index (χ2v) is 7.30. The van der Waals surface area contributed by atoms with E-state index in [4.69, 9.17) is 4.74 Å². The number of rotatable bonds is 4. The first-order valence-electron chi connectivity index (χ1n) is 9.01. The van der Waals surface area contributed by atoms with E-state index in [1.165, 1.54) is 32.1 Å². The maximum Gasteiger partial charge on any atom is 0.213 e. The van der Waals surface area contributed by atoms with Crippen LogP contribution in [0.2, 0.25) is 0 Å². The maximum absolute atomic E-state index is 5.41. The standard InChI is InChI=1S/C22H23N2OS/c1-4-23-13-12-16(18-8-6-7-9-19(18)23)14-22-24(5-2)20-15-17(25-3)10-11-21(20)26-22/h6-15H,4-5H2,1-3H3/q+1. The topological polar surface area (TPSA) is 16.4 Å². The van der Waals surface area contributed by atoms with Crippen molar-refractivity contribution in [2.45, 2.75) is 25.3 Å². The summed E-state index contributed by atoms with van der Waals surface area (Å²) in [5.74, 6) is 0.901. The molecule has 132 valence electrons. The van der Waals surface area contributed by atoms with E-state index in [9.17, 15) is 0 Å². The molecule has 0 unspecified atom stereocenters. The lowest BCUT2D eigenvalue weighted by molar-refractivity contribution is -0.667. The summed E-state index contributed by atoms with van der Waals surface area (Å²) in [4.78, 5) is 3.64. The Morgan fingerprint density at radius 2 is 1.96 bits per heavy atom. The SMILES string of the molecule is CCN1/C(=C\c2cc[n+](CC)c3ccccc23)Sc2ccc(OC)cc21. The number of pyridine rings is 1. The summed E-state index contributed by atoms with van der Waals surface area (Å²) in [5.41, 5.74) is 3.76. The van der Waals surface area contributed by atoms with Crippen molar-refractivity contribution >= 4 is 34.4 Å². The van der Waals surface area contributed by atoms with Crippen molar-refractivity contribution in [3.05, 3.63) is 65.3 Å². The minimum Gasteiger partial charge on any atom is -0.497 e. The molecule has 26 heavy (non-hydrogen) atoms. The van der Waals surface area contributed by atoms with Gasteiger partial charge in [0.05, 0.1) is 23.2 Å². The van der Waals surface area contributed by atoms with Gasteiger partial charge in [0.2, 0.25) is 5.52 Å². The highest BCUT2D eigenvalue weighted by atomic mass is 32.2. The molecule has 0 aliphatic carbocycles. The van der Waals surface area contributed by atoms with E-state index in [0.717, 1.165) is 18.8 Å². The molecule has 0 saturated heterocycles. The number of methoxy groups -OCH3 is 1. The Hall–Kier alpha value is -2.46. The fraction of sp³-hybridized carbons (Fsp3) is 0.227. The Morgan fingerprint density at radius 1 is 1.12 bits per heavy atom. The lowest BCUT2D eigenvalue weighted by Crippen LogP contribution is -2.32. The smallest absolute Gasteiger partial charge is 0.213 e. The molecule has 0 amide bonds. The zero-order valence-corrected chi connectivity index (χ0v) is 16.2. The highest BCUT2D eigenvalue weighted by Gasteiger charge is 2.25. The van der Waals surface area contributed by atoms with Gasteiger partial charge in [0.25, 0.3) is 0 Å². The van der Waals surface area contributed by atoms with Gasteiger partial charge in [-0.05, 0) is 43.7 Å². The molecule has 2 heterocycles. The summed E-state index contributed by atoms with van der Waals surface area (Å²) in [6.45, 7) is 6.27. The van der Waals surface area contributed by atoms with Crippen LogP contribution >= 0.6 is 11.8 Å². The number of aromatic nitrogens is 1. The molecule has 1 aliphatic heterocycles. The summed E-state index contributed by atoms with van der Waals surface area (Å²) >= 11 is 1.83. The van der Waals surface area contributed by atoms with Crippen molar-refractivity contribution in [2.75, 3.05) is 18.6 Å². The predicted octanol–water partition coefficient (Wildman–Crippen LogP) is 5.09. The third kappa shape index (κ3) is 2.84. The molecule has 4 heteroatoms. The number of anilines is 1. The molecule has 4 rings (SSSR count). The highest BCUT2D eigenvalue weighted by Crippen LogP contribution is 2.48. The number of benzene rings is 2. The molecule has 0 saturated carbocycles. The second-order valence-electron chi connectivity index (χ2n) is 6.24. The van der Waals surface area contributed by atoms with Crippen LogP contribution in [-0.4, -0.2) is 13.7 Å². The van der Waals surface area contributed by atoms with Gasteiger partial charge in [-0.3, -0.25) is 0 Å². The quantitative estimate of drug-likeness (QED) is 0.601. The Labute approximate surface area is 158 Å². The van der Waals surface area contributed by atoms with Gasteiger partial charge < -0.3 is 9.64 Å². The van der Waals surface area contributed by atoms with Crippen LogP contribution in [0.5, 0.6) is 5.75 Å². The van der Waals surface area contributed by atoms with Crippen LogP contribution in [0, 0.1) is 0 Å². The predicted molar refractivity (Wildman–Crippen MR) is 110 cm³/mol. The van der Waals surface area contributed by atoms with E-state index >= 15 is 0 Å². The number of fused-ring (bicyclic) bond motifs is 2. The first kappa shape index (κ1) is 17.0. The Kier molecular flexibility index (Phi) is 4.60. The number of hydrogen-bond donors (Lipinski definition) is 0. The molecule has 0 fully saturated rings. The maximum atomic E-state index is 5.41. The normalized spacial score (nSPS) is 14.9. The van der Waals surface area contributed by atoms with Gasteiger partial charge in [-0.15, -0.1) is 0 Å². The average molecular weight is 364 g/mol. The molecular weight excluding hydrogens is 340 g/mol. The average Bonchev–Trinajstić information content (AvgIpc) is 3.04. The number of nitrogens with zero attached hydrogens (tertiary/aromatic N) is 2. The van der Waals surface area contributed by atoms with Crippen molar-refractivity contribution in [1.82, 2.24) is 0 Å². The zero-order chi connectivity index (χ0) is 18.1. The van der Waals surface area contributed by atoms with Crippen molar-refractivity contribution in [3.8, 4) is 5.75 Å². The van der Waals surface area contributed by atoms with E-state index in [1.54, 1.807) is 7.11 Å². The minimum atomic E-state index is 0.901. The van der Waals surface area contributed by atoms with Crippen molar-refractivity contribution < 1.29 is 9.30 Å². The number of aryl methyl sites for hydroxylation is 1. The van der Waals surface area contributed by atoms with Crippen LogP contribution in [0.1, 0.15) is 19.4 Å². The van der Waals surface area contributed by atoms with Gasteiger partial charge in [-0.25, -0.2) is 0 Å². The summed E-state index contributed by atoms with van der Waals surface area (Å²) in [6, 6.07) is 17.2. The Bertz CT molecular complexity index is 997. The monoisotopic (exact) mass is 363 g/mol.